The van der Waals surface area contributed by atoms with Crippen LogP contribution in [0.4, 0.5) is 4.79 Å². The van der Waals surface area contributed by atoms with Crippen molar-refractivity contribution in [2.45, 2.75) is 77.0 Å². The lowest BCUT2D eigenvalue weighted by Gasteiger charge is -2.45. The molecule has 2 fully saturated rings. The van der Waals surface area contributed by atoms with Gasteiger partial charge in [-0.25, -0.2) is 4.79 Å². The molecule has 1 aliphatic heterocycles. The van der Waals surface area contributed by atoms with Gasteiger partial charge in [0.05, 0.1) is 0 Å². The molecule has 1 aliphatic carbocycles. The second-order valence-corrected chi connectivity index (χ2v) is 7.78. The van der Waals surface area contributed by atoms with Crippen LogP contribution in [-0.4, -0.2) is 47.7 Å². The summed E-state index contributed by atoms with van der Waals surface area (Å²) in [4.78, 5) is 26.3. The summed E-state index contributed by atoms with van der Waals surface area (Å²) in [5.41, 5.74) is 5.47. The fourth-order valence-corrected chi connectivity index (χ4v) is 3.71. The van der Waals surface area contributed by atoms with E-state index < -0.39 is 17.7 Å². The molecule has 3 atom stereocenters. The Kier molecular flexibility index (Phi) is 5.89. The number of fused-ring (bicyclic) bond motifs is 1. The third kappa shape index (κ3) is 5.09. The van der Waals surface area contributed by atoms with Crippen molar-refractivity contribution < 1.29 is 14.3 Å². The van der Waals surface area contributed by atoms with Crippen LogP contribution in [0.1, 0.15) is 59.3 Å². The van der Waals surface area contributed by atoms with Gasteiger partial charge in [-0.05, 0) is 52.4 Å². The fourth-order valence-electron chi connectivity index (χ4n) is 3.71. The van der Waals surface area contributed by atoms with Crippen molar-refractivity contribution in [1.29, 1.82) is 0 Å². The van der Waals surface area contributed by atoms with Crippen LogP contribution in [0.5, 0.6) is 0 Å². The molecular formula is C17H31N3O3. The maximum atomic E-state index is 12.7. The van der Waals surface area contributed by atoms with Crippen molar-refractivity contribution in [1.82, 2.24) is 10.2 Å². The Morgan fingerprint density at radius 2 is 1.87 bits per heavy atom. The van der Waals surface area contributed by atoms with Gasteiger partial charge in [0.2, 0.25) is 5.91 Å². The maximum Gasteiger partial charge on any atom is 0.407 e. The van der Waals surface area contributed by atoms with Crippen molar-refractivity contribution in [3.63, 3.8) is 0 Å². The maximum absolute atomic E-state index is 12.7. The number of nitrogens with two attached hydrogens (primary N) is 1. The molecule has 0 aromatic rings. The molecule has 3 N–H and O–H groups in total. The summed E-state index contributed by atoms with van der Waals surface area (Å²) in [6.07, 6.45) is 6.52. The first-order chi connectivity index (χ1) is 10.8. The molecule has 6 nitrogen and oxygen atoms in total. The Balaban J connectivity index is 1.85. The number of likely N-dealkylation sites (tertiary alicyclic amines) is 1. The molecule has 1 saturated heterocycles. The van der Waals surface area contributed by atoms with Crippen LogP contribution in [-0.2, 0) is 9.53 Å². The molecule has 132 valence electrons. The average molecular weight is 325 g/mol. The Labute approximate surface area is 139 Å². The normalized spacial score (nSPS) is 26.2. The number of ether oxygens (including phenoxy) is 1. The van der Waals surface area contributed by atoms with Crippen molar-refractivity contribution in [3.8, 4) is 0 Å². The molecule has 6 heteroatoms. The van der Waals surface area contributed by atoms with E-state index in [-0.39, 0.29) is 12.5 Å². The third-order valence-corrected chi connectivity index (χ3v) is 4.71. The van der Waals surface area contributed by atoms with E-state index in [1.807, 2.05) is 4.90 Å². The summed E-state index contributed by atoms with van der Waals surface area (Å²) in [6, 6.07) is -0.360. The summed E-state index contributed by atoms with van der Waals surface area (Å²) < 4.78 is 5.17. The van der Waals surface area contributed by atoms with Gasteiger partial charge in [0.1, 0.15) is 11.6 Å². The van der Waals surface area contributed by atoms with Crippen LogP contribution >= 0.6 is 0 Å². The largest absolute Gasteiger partial charge is 0.444 e. The van der Waals surface area contributed by atoms with Gasteiger partial charge in [-0.15, -0.1) is 0 Å². The minimum Gasteiger partial charge on any atom is -0.444 e. The van der Waals surface area contributed by atoms with Gasteiger partial charge < -0.3 is 20.7 Å². The number of amides is 2. The van der Waals surface area contributed by atoms with Gasteiger partial charge in [-0.3, -0.25) is 4.79 Å². The quantitative estimate of drug-likeness (QED) is 0.831. The number of nitrogens with one attached hydrogen (secondary N) is 1. The monoisotopic (exact) mass is 325 g/mol. The summed E-state index contributed by atoms with van der Waals surface area (Å²) in [5, 5.41) is 2.60. The zero-order valence-electron chi connectivity index (χ0n) is 14.6. The molecular weight excluding hydrogens is 294 g/mol. The third-order valence-electron chi connectivity index (χ3n) is 4.71. The van der Waals surface area contributed by atoms with Crippen molar-refractivity contribution in [2.75, 3.05) is 13.1 Å². The van der Waals surface area contributed by atoms with Crippen LogP contribution < -0.4 is 11.1 Å². The highest BCUT2D eigenvalue weighted by Gasteiger charge is 2.37. The first-order valence-corrected chi connectivity index (χ1v) is 8.81. The van der Waals surface area contributed by atoms with Crippen molar-refractivity contribution in [3.05, 3.63) is 0 Å². The molecule has 0 unspecified atom stereocenters. The molecule has 0 aromatic heterocycles. The highest BCUT2D eigenvalue weighted by molar-refractivity contribution is 5.83. The van der Waals surface area contributed by atoms with Gasteiger partial charge in [0.15, 0.2) is 0 Å². The van der Waals surface area contributed by atoms with Gasteiger partial charge in [0, 0.05) is 19.1 Å². The molecule has 0 bridgehead atoms. The summed E-state index contributed by atoms with van der Waals surface area (Å²) in [5.74, 6) is 0.588. The minimum absolute atomic E-state index is 0.0438. The lowest BCUT2D eigenvalue weighted by atomic mass is 9.78. The van der Waals surface area contributed by atoms with Gasteiger partial charge >= 0.3 is 6.09 Å². The van der Waals surface area contributed by atoms with E-state index in [0.29, 0.717) is 12.0 Å². The molecule has 0 spiro atoms. The second-order valence-electron chi connectivity index (χ2n) is 7.78. The number of carbonyl (C=O) groups is 2. The van der Waals surface area contributed by atoms with Crippen LogP contribution in [0.3, 0.4) is 0 Å². The van der Waals surface area contributed by atoms with Crippen molar-refractivity contribution in [2.24, 2.45) is 11.7 Å². The smallest absolute Gasteiger partial charge is 0.407 e. The topological polar surface area (TPSA) is 84.7 Å². The molecule has 2 amide bonds. The number of carbonyl (C=O) groups excluding carboxylic acids is 2. The Morgan fingerprint density at radius 1 is 1.22 bits per heavy atom. The minimum atomic E-state index is -0.705. The Morgan fingerprint density at radius 3 is 2.57 bits per heavy atom. The Hall–Kier alpha value is -1.30. The predicted octanol–water partition coefficient (Wildman–Crippen LogP) is 2.02. The summed E-state index contributed by atoms with van der Waals surface area (Å²) >= 11 is 0. The molecule has 1 heterocycles. The van der Waals surface area contributed by atoms with E-state index in [4.69, 9.17) is 10.5 Å². The van der Waals surface area contributed by atoms with E-state index in [1.54, 1.807) is 20.8 Å². The van der Waals surface area contributed by atoms with E-state index in [9.17, 15) is 9.59 Å². The fraction of sp³-hybridized carbons (Fsp3) is 0.882. The number of rotatable bonds is 3. The highest BCUT2D eigenvalue weighted by atomic mass is 16.6. The van der Waals surface area contributed by atoms with E-state index in [1.165, 1.54) is 25.7 Å². The van der Waals surface area contributed by atoms with Gasteiger partial charge in [0.25, 0.3) is 0 Å². The lowest BCUT2D eigenvalue weighted by molar-refractivity contribution is -0.138. The highest BCUT2D eigenvalue weighted by Crippen LogP contribution is 2.35. The van der Waals surface area contributed by atoms with E-state index >= 15 is 0 Å². The van der Waals surface area contributed by atoms with Crippen LogP contribution in [0.15, 0.2) is 0 Å². The molecule has 2 aliphatic rings. The first kappa shape index (κ1) is 18.0. The number of alkyl carbamates (subject to hydrolysis) is 1. The van der Waals surface area contributed by atoms with E-state index in [2.05, 4.69) is 5.32 Å². The molecule has 1 saturated carbocycles. The van der Waals surface area contributed by atoms with Crippen molar-refractivity contribution >= 4 is 12.0 Å². The standard InChI is InChI=1S/C17H31N3O3/c1-17(2,3)23-16(22)19-11-13(18)15(21)20-10-6-8-12-7-4-5-9-14(12)20/h12-14H,4-11,18H2,1-3H3,(H,19,22)/t12-,13-,14+/m1/s1. The lowest BCUT2D eigenvalue weighted by Crippen LogP contribution is -2.57. The van der Waals surface area contributed by atoms with Gasteiger partial charge in [-0.2, -0.15) is 0 Å². The second kappa shape index (κ2) is 7.51. The molecule has 0 aromatic carbocycles. The average Bonchev–Trinajstić information content (AvgIpc) is 2.49. The molecule has 2 rings (SSSR count). The van der Waals surface area contributed by atoms with Crippen LogP contribution in [0.25, 0.3) is 0 Å². The Bertz CT molecular complexity index is 431. The van der Waals surface area contributed by atoms with Crippen LogP contribution in [0.2, 0.25) is 0 Å². The first-order valence-electron chi connectivity index (χ1n) is 8.81. The van der Waals surface area contributed by atoms with Crippen LogP contribution in [0, 0.1) is 5.92 Å². The summed E-state index contributed by atoms with van der Waals surface area (Å²) in [6.45, 7) is 6.31. The van der Waals surface area contributed by atoms with Gasteiger partial charge in [-0.1, -0.05) is 12.8 Å². The summed E-state index contributed by atoms with van der Waals surface area (Å²) in [7, 11) is 0. The molecule has 23 heavy (non-hydrogen) atoms. The van der Waals surface area contributed by atoms with E-state index in [0.717, 1.165) is 19.4 Å². The number of hydrogen-bond donors (Lipinski definition) is 2. The molecule has 0 radical (unpaired) electrons. The zero-order valence-corrected chi connectivity index (χ0v) is 14.6. The predicted molar refractivity (Wildman–Crippen MR) is 88.9 cm³/mol. The number of hydrogen-bond acceptors (Lipinski definition) is 4. The number of piperidine rings is 1. The SMILES string of the molecule is CC(C)(C)OC(=O)NC[C@@H](N)C(=O)N1CCC[C@H]2CCCC[C@@H]21. The number of nitrogens with zero attached hydrogens (tertiary/aromatic N) is 1. The zero-order chi connectivity index (χ0) is 17.0.